The number of nitrogens with one attached hydrogen (secondary N) is 1. The van der Waals surface area contributed by atoms with E-state index < -0.39 is 0 Å². The molecule has 2 fully saturated rings. The fourth-order valence-corrected chi connectivity index (χ4v) is 2.82. The van der Waals surface area contributed by atoms with Crippen molar-refractivity contribution in [3.63, 3.8) is 0 Å². The van der Waals surface area contributed by atoms with Crippen molar-refractivity contribution in [1.29, 1.82) is 0 Å². The van der Waals surface area contributed by atoms with Crippen LogP contribution >= 0.6 is 0 Å². The smallest absolute Gasteiger partial charge is 0.415 e. The van der Waals surface area contributed by atoms with Crippen LogP contribution in [0.1, 0.15) is 12.0 Å². The third-order valence-corrected chi connectivity index (χ3v) is 3.77. The molecular formula is C14H18N2O3. The van der Waals surface area contributed by atoms with E-state index in [-0.39, 0.29) is 18.2 Å². The number of rotatable bonds is 2. The highest BCUT2D eigenvalue weighted by Crippen LogP contribution is 2.36. The third kappa shape index (κ3) is 2.04. The van der Waals surface area contributed by atoms with Crippen molar-refractivity contribution >= 4 is 11.8 Å². The van der Waals surface area contributed by atoms with Gasteiger partial charge in [-0.1, -0.05) is 6.07 Å². The Kier molecular flexibility index (Phi) is 3.06. The summed E-state index contributed by atoms with van der Waals surface area (Å²) in [5, 5.41) is 3.25. The number of ether oxygens (including phenoxy) is 2. The van der Waals surface area contributed by atoms with E-state index in [1.165, 1.54) is 0 Å². The summed E-state index contributed by atoms with van der Waals surface area (Å²) in [6, 6.07) is 5.95. The van der Waals surface area contributed by atoms with Crippen molar-refractivity contribution < 1.29 is 14.3 Å². The minimum Gasteiger partial charge on any atom is -0.495 e. The molecule has 3 rings (SSSR count). The SMILES string of the molecule is COc1ccc(C)cc1N1C(=O)OC2CNCCC21. The second-order valence-electron chi connectivity index (χ2n) is 5.03. The lowest BCUT2D eigenvalue weighted by atomic mass is 10.0. The molecule has 0 aliphatic carbocycles. The van der Waals surface area contributed by atoms with E-state index in [2.05, 4.69) is 5.32 Å². The topological polar surface area (TPSA) is 50.8 Å². The van der Waals surface area contributed by atoms with Gasteiger partial charge in [0.25, 0.3) is 0 Å². The van der Waals surface area contributed by atoms with Gasteiger partial charge in [-0.05, 0) is 37.6 Å². The van der Waals surface area contributed by atoms with Crippen molar-refractivity contribution in [3.05, 3.63) is 23.8 Å². The second kappa shape index (κ2) is 4.74. The summed E-state index contributed by atoms with van der Waals surface area (Å²) in [6.07, 6.45) is 0.558. The quantitative estimate of drug-likeness (QED) is 0.881. The summed E-state index contributed by atoms with van der Waals surface area (Å²) >= 11 is 0. The summed E-state index contributed by atoms with van der Waals surface area (Å²) in [6.45, 7) is 3.63. The molecule has 0 aromatic heterocycles. The first-order valence-electron chi connectivity index (χ1n) is 6.56. The number of nitrogens with zero attached hydrogens (tertiary/aromatic N) is 1. The zero-order chi connectivity index (χ0) is 13.4. The number of carbonyl (C=O) groups is 1. The Morgan fingerprint density at radius 3 is 3.11 bits per heavy atom. The van der Waals surface area contributed by atoms with Crippen molar-refractivity contribution in [2.24, 2.45) is 0 Å². The fourth-order valence-electron chi connectivity index (χ4n) is 2.82. The fraction of sp³-hybridized carbons (Fsp3) is 0.500. The van der Waals surface area contributed by atoms with E-state index in [1.54, 1.807) is 12.0 Å². The molecule has 2 unspecified atom stereocenters. The van der Waals surface area contributed by atoms with Gasteiger partial charge in [0.05, 0.1) is 18.8 Å². The average molecular weight is 262 g/mol. The maximum atomic E-state index is 12.1. The minimum absolute atomic E-state index is 0.0635. The molecule has 2 saturated heterocycles. The number of fused-ring (bicyclic) bond motifs is 1. The van der Waals surface area contributed by atoms with Crippen LogP contribution in [0.2, 0.25) is 0 Å². The predicted molar refractivity (Wildman–Crippen MR) is 71.8 cm³/mol. The Morgan fingerprint density at radius 2 is 2.32 bits per heavy atom. The Hall–Kier alpha value is -1.75. The first-order chi connectivity index (χ1) is 9.20. The highest BCUT2D eigenvalue weighted by atomic mass is 16.6. The maximum absolute atomic E-state index is 12.1. The van der Waals surface area contributed by atoms with Gasteiger partial charge in [0.15, 0.2) is 0 Å². The highest BCUT2D eigenvalue weighted by molar-refractivity contribution is 5.92. The van der Waals surface area contributed by atoms with Gasteiger partial charge in [0.2, 0.25) is 0 Å². The Balaban J connectivity index is 2.00. The third-order valence-electron chi connectivity index (χ3n) is 3.77. The van der Waals surface area contributed by atoms with Gasteiger partial charge in [-0.25, -0.2) is 4.79 Å². The van der Waals surface area contributed by atoms with Crippen LogP contribution in [0.15, 0.2) is 18.2 Å². The Bertz CT molecular complexity index is 503. The lowest BCUT2D eigenvalue weighted by molar-refractivity contribution is 0.121. The summed E-state index contributed by atoms with van der Waals surface area (Å²) in [7, 11) is 1.62. The molecule has 1 aromatic carbocycles. The lowest BCUT2D eigenvalue weighted by Crippen LogP contribution is -2.47. The molecule has 1 amide bonds. The summed E-state index contributed by atoms with van der Waals surface area (Å²) in [5.74, 6) is 0.710. The number of amides is 1. The van der Waals surface area contributed by atoms with Crippen LogP contribution in [0.5, 0.6) is 5.75 Å². The maximum Gasteiger partial charge on any atom is 0.415 e. The molecule has 1 aromatic rings. The van der Waals surface area contributed by atoms with E-state index in [0.717, 1.165) is 30.8 Å². The second-order valence-corrected chi connectivity index (χ2v) is 5.03. The molecule has 2 atom stereocenters. The van der Waals surface area contributed by atoms with Crippen LogP contribution in [0.3, 0.4) is 0 Å². The molecule has 5 heteroatoms. The van der Waals surface area contributed by atoms with Gasteiger partial charge in [-0.15, -0.1) is 0 Å². The van der Waals surface area contributed by atoms with Crippen LogP contribution in [-0.2, 0) is 4.74 Å². The zero-order valence-electron chi connectivity index (χ0n) is 11.2. The van der Waals surface area contributed by atoms with E-state index in [9.17, 15) is 4.79 Å². The molecule has 2 aliphatic rings. The summed E-state index contributed by atoms with van der Waals surface area (Å²) in [4.78, 5) is 13.9. The summed E-state index contributed by atoms with van der Waals surface area (Å²) < 4.78 is 10.8. The number of anilines is 1. The van der Waals surface area contributed by atoms with Crippen molar-refractivity contribution in [1.82, 2.24) is 5.32 Å². The van der Waals surface area contributed by atoms with Gasteiger partial charge in [-0.2, -0.15) is 0 Å². The predicted octanol–water partition coefficient (Wildman–Crippen LogP) is 1.69. The highest BCUT2D eigenvalue weighted by Gasteiger charge is 2.44. The number of carbonyl (C=O) groups excluding carboxylic acids is 1. The molecule has 2 heterocycles. The molecule has 1 N–H and O–H groups in total. The van der Waals surface area contributed by atoms with Gasteiger partial charge in [0.1, 0.15) is 11.9 Å². The van der Waals surface area contributed by atoms with Crippen LogP contribution in [0.25, 0.3) is 0 Å². The number of hydrogen-bond donors (Lipinski definition) is 1. The van der Waals surface area contributed by atoms with Crippen LogP contribution < -0.4 is 15.0 Å². The minimum atomic E-state index is -0.275. The van der Waals surface area contributed by atoms with Crippen LogP contribution in [-0.4, -0.2) is 38.4 Å². The summed E-state index contributed by atoms with van der Waals surface area (Å²) in [5.41, 5.74) is 1.91. The molecule has 0 bridgehead atoms. The molecule has 0 saturated carbocycles. The number of aryl methyl sites for hydroxylation is 1. The number of methoxy groups -OCH3 is 1. The Labute approximate surface area is 112 Å². The number of benzene rings is 1. The molecule has 0 spiro atoms. The largest absolute Gasteiger partial charge is 0.495 e. The standard InChI is InChI=1S/C14H18N2O3/c1-9-3-4-12(18-2)11(7-9)16-10-5-6-15-8-13(10)19-14(16)17/h3-4,7,10,13,15H,5-6,8H2,1-2H3. The number of hydrogen-bond acceptors (Lipinski definition) is 4. The van der Waals surface area contributed by atoms with Gasteiger partial charge in [-0.3, -0.25) is 4.90 Å². The van der Waals surface area contributed by atoms with Crippen LogP contribution in [0.4, 0.5) is 10.5 Å². The first kappa shape index (κ1) is 12.3. The molecule has 0 radical (unpaired) electrons. The molecular weight excluding hydrogens is 244 g/mol. The molecule has 5 nitrogen and oxygen atoms in total. The van der Waals surface area contributed by atoms with E-state index in [1.807, 2.05) is 25.1 Å². The van der Waals surface area contributed by atoms with Gasteiger partial charge in [0, 0.05) is 6.54 Å². The first-order valence-corrected chi connectivity index (χ1v) is 6.56. The van der Waals surface area contributed by atoms with Crippen LogP contribution in [0, 0.1) is 6.92 Å². The van der Waals surface area contributed by atoms with Gasteiger partial charge < -0.3 is 14.8 Å². The van der Waals surface area contributed by atoms with E-state index >= 15 is 0 Å². The van der Waals surface area contributed by atoms with E-state index in [4.69, 9.17) is 9.47 Å². The average Bonchev–Trinajstić information content (AvgIpc) is 2.74. The lowest BCUT2D eigenvalue weighted by Gasteiger charge is -2.29. The monoisotopic (exact) mass is 262 g/mol. The zero-order valence-corrected chi connectivity index (χ0v) is 11.2. The number of piperidine rings is 1. The molecule has 102 valence electrons. The van der Waals surface area contributed by atoms with Crippen molar-refractivity contribution in [3.8, 4) is 5.75 Å². The van der Waals surface area contributed by atoms with Gasteiger partial charge >= 0.3 is 6.09 Å². The molecule has 19 heavy (non-hydrogen) atoms. The van der Waals surface area contributed by atoms with E-state index in [0.29, 0.717) is 5.75 Å². The van der Waals surface area contributed by atoms with Crippen molar-refractivity contribution in [2.45, 2.75) is 25.5 Å². The van der Waals surface area contributed by atoms with Crippen molar-refractivity contribution in [2.75, 3.05) is 25.1 Å². The Morgan fingerprint density at radius 1 is 1.47 bits per heavy atom. The molecule has 2 aliphatic heterocycles. The normalized spacial score (nSPS) is 26.0.